The Bertz CT molecular complexity index is 1110. The molecule has 1 fully saturated rings. The number of nitrogens with zero attached hydrogens (tertiary/aromatic N) is 2. The van der Waals surface area contributed by atoms with Gasteiger partial charge in [0, 0.05) is 31.3 Å². The molecule has 2 atom stereocenters. The molecule has 2 unspecified atom stereocenters. The highest BCUT2D eigenvalue weighted by atomic mass is 16.7. The first-order valence-corrected chi connectivity index (χ1v) is 10.4. The van der Waals surface area contributed by atoms with Crippen molar-refractivity contribution in [3.63, 3.8) is 0 Å². The molecule has 10 nitrogen and oxygen atoms in total. The molecule has 4 heterocycles. The van der Waals surface area contributed by atoms with Crippen LogP contribution in [-0.4, -0.2) is 41.7 Å². The number of nitrogens with one attached hydrogen (secondary N) is 3. The van der Waals surface area contributed by atoms with Gasteiger partial charge in [0.25, 0.3) is 5.56 Å². The number of anilines is 3. The average Bonchev–Trinajstić information content (AvgIpc) is 3.20. The molecule has 3 aliphatic heterocycles. The van der Waals surface area contributed by atoms with Gasteiger partial charge in [0.2, 0.25) is 24.6 Å². The maximum atomic E-state index is 13.0. The van der Waals surface area contributed by atoms with E-state index in [1.807, 2.05) is 4.90 Å². The Hall–Kier alpha value is -3.56. The maximum Gasteiger partial charge on any atom is 0.258 e. The number of benzene rings is 1. The molecule has 0 radical (unpaired) electrons. The second-order valence-electron chi connectivity index (χ2n) is 8.21. The van der Waals surface area contributed by atoms with Crippen LogP contribution in [0.3, 0.4) is 0 Å². The van der Waals surface area contributed by atoms with Crippen LogP contribution in [0.25, 0.3) is 0 Å². The zero-order valence-electron chi connectivity index (χ0n) is 17.1. The molecular formula is C21H23N5O5. The van der Waals surface area contributed by atoms with Crippen LogP contribution in [0.15, 0.2) is 23.0 Å². The van der Waals surface area contributed by atoms with E-state index >= 15 is 0 Å². The molecular weight excluding hydrogens is 402 g/mol. The van der Waals surface area contributed by atoms with Gasteiger partial charge in [-0.2, -0.15) is 4.98 Å². The molecule has 162 valence electrons. The van der Waals surface area contributed by atoms with Crippen molar-refractivity contribution in [3.05, 3.63) is 34.1 Å². The van der Waals surface area contributed by atoms with Gasteiger partial charge in [0.15, 0.2) is 11.5 Å². The van der Waals surface area contributed by atoms with Gasteiger partial charge in [-0.25, -0.2) is 0 Å². The molecule has 2 amide bonds. The number of aromatic amines is 1. The van der Waals surface area contributed by atoms with Gasteiger partial charge < -0.3 is 25.0 Å². The SMILES string of the molecule is CC1CCCN(c2nc3c(c(=O)[nH]2)C(C(=O)Nc2ccc4c(c2)OCO4)CC(=O)N3)C1. The van der Waals surface area contributed by atoms with Crippen LogP contribution in [-0.2, 0) is 9.59 Å². The van der Waals surface area contributed by atoms with Crippen LogP contribution in [0.5, 0.6) is 11.5 Å². The molecule has 3 N–H and O–H groups in total. The summed E-state index contributed by atoms with van der Waals surface area (Å²) in [5, 5.41) is 5.43. The number of hydrogen-bond donors (Lipinski definition) is 3. The maximum absolute atomic E-state index is 13.0. The first kappa shape index (κ1) is 19.4. The molecule has 1 aromatic carbocycles. The van der Waals surface area contributed by atoms with Gasteiger partial charge in [-0.05, 0) is 30.9 Å². The number of aromatic nitrogens is 2. The molecule has 0 bridgehead atoms. The summed E-state index contributed by atoms with van der Waals surface area (Å²) in [6.07, 6.45) is 2.01. The van der Waals surface area contributed by atoms with E-state index in [-0.39, 0.29) is 30.5 Å². The quantitative estimate of drug-likeness (QED) is 0.685. The summed E-state index contributed by atoms with van der Waals surface area (Å²) < 4.78 is 10.6. The van der Waals surface area contributed by atoms with Crippen molar-refractivity contribution >= 4 is 29.3 Å². The topological polar surface area (TPSA) is 126 Å². The van der Waals surface area contributed by atoms with Crippen molar-refractivity contribution in [2.45, 2.75) is 32.1 Å². The fourth-order valence-electron chi connectivity index (χ4n) is 4.32. The number of ether oxygens (including phenoxy) is 2. The largest absolute Gasteiger partial charge is 0.454 e. The zero-order valence-corrected chi connectivity index (χ0v) is 17.1. The van der Waals surface area contributed by atoms with E-state index in [1.54, 1.807) is 18.2 Å². The minimum atomic E-state index is -0.945. The summed E-state index contributed by atoms with van der Waals surface area (Å²) in [6.45, 7) is 3.85. The lowest BCUT2D eigenvalue weighted by Crippen LogP contribution is -2.40. The number of carbonyl (C=O) groups is 2. The third-order valence-electron chi connectivity index (χ3n) is 5.85. The number of amides is 2. The molecule has 10 heteroatoms. The lowest BCUT2D eigenvalue weighted by atomic mass is 9.92. The van der Waals surface area contributed by atoms with Crippen molar-refractivity contribution in [3.8, 4) is 11.5 Å². The van der Waals surface area contributed by atoms with Gasteiger partial charge in [-0.1, -0.05) is 6.92 Å². The van der Waals surface area contributed by atoms with Crippen LogP contribution in [0.1, 0.15) is 37.7 Å². The molecule has 2 aromatic rings. The van der Waals surface area contributed by atoms with Crippen molar-refractivity contribution in [2.24, 2.45) is 5.92 Å². The molecule has 0 aliphatic carbocycles. The summed E-state index contributed by atoms with van der Waals surface area (Å²) in [6, 6.07) is 5.02. The van der Waals surface area contributed by atoms with Crippen LogP contribution < -0.4 is 30.6 Å². The molecule has 0 saturated carbocycles. The van der Waals surface area contributed by atoms with Crippen LogP contribution in [0.4, 0.5) is 17.5 Å². The Labute approximate surface area is 177 Å². The monoisotopic (exact) mass is 425 g/mol. The number of carbonyl (C=O) groups excluding carboxylic acids is 2. The predicted molar refractivity (Wildman–Crippen MR) is 113 cm³/mol. The first-order chi connectivity index (χ1) is 15.0. The minimum Gasteiger partial charge on any atom is -0.454 e. The number of hydrogen-bond acceptors (Lipinski definition) is 7. The molecule has 1 aromatic heterocycles. The summed E-state index contributed by atoms with van der Waals surface area (Å²) in [5.41, 5.74) is 0.251. The van der Waals surface area contributed by atoms with E-state index in [0.29, 0.717) is 29.1 Å². The second kappa shape index (κ2) is 7.60. The minimum absolute atomic E-state index is 0.127. The van der Waals surface area contributed by atoms with E-state index in [2.05, 4.69) is 27.5 Å². The van der Waals surface area contributed by atoms with Crippen molar-refractivity contribution in [1.29, 1.82) is 0 Å². The third-order valence-corrected chi connectivity index (χ3v) is 5.85. The summed E-state index contributed by atoms with van der Waals surface area (Å²) in [7, 11) is 0. The normalized spacial score (nSPS) is 22.0. The Morgan fingerprint density at radius 2 is 2.10 bits per heavy atom. The smallest absolute Gasteiger partial charge is 0.258 e. The summed E-state index contributed by atoms with van der Waals surface area (Å²) in [4.78, 5) is 47.6. The van der Waals surface area contributed by atoms with Gasteiger partial charge in [-0.15, -0.1) is 0 Å². The highest BCUT2D eigenvalue weighted by Crippen LogP contribution is 2.35. The number of H-pyrrole nitrogens is 1. The molecule has 0 spiro atoms. The predicted octanol–water partition coefficient (Wildman–Crippen LogP) is 1.80. The lowest BCUT2D eigenvalue weighted by Gasteiger charge is -2.32. The van der Waals surface area contributed by atoms with Crippen LogP contribution >= 0.6 is 0 Å². The second-order valence-corrected chi connectivity index (χ2v) is 8.21. The van der Waals surface area contributed by atoms with E-state index < -0.39 is 17.4 Å². The van der Waals surface area contributed by atoms with E-state index in [1.165, 1.54) is 0 Å². The number of rotatable bonds is 3. The Morgan fingerprint density at radius 3 is 2.94 bits per heavy atom. The molecule has 31 heavy (non-hydrogen) atoms. The lowest BCUT2D eigenvalue weighted by molar-refractivity contribution is -0.123. The Balaban J connectivity index is 1.43. The fraction of sp³-hybridized carbons (Fsp3) is 0.429. The van der Waals surface area contributed by atoms with Gasteiger partial charge in [0.05, 0.1) is 11.5 Å². The highest BCUT2D eigenvalue weighted by Gasteiger charge is 2.35. The molecule has 3 aliphatic rings. The van der Waals surface area contributed by atoms with Crippen molar-refractivity contribution in [1.82, 2.24) is 9.97 Å². The van der Waals surface area contributed by atoms with Crippen molar-refractivity contribution in [2.75, 3.05) is 35.4 Å². The van der Waals surface area contributed by atoms with Gasteiger partial charge in [-0.3, -0.25) is 19.4 Å². The zero-order chi connectivity index (χ0) is 21.5. The Morgan fingerprint density at radius 1 is 1.26 bits per heavy atom. The third kappa shape index (κ3) is 3.69. The highest BCUT2D eigenvalue weighted by molar-refractivity contribution is 6.04. The van der Waals surface area contributed by atoms with E-state index in [4.69, 9.17) is 9.47 Å². The Kier molecular flexibility index (Phi) is 4.76. The van der Waals surface area contributed by atoms with Gasteiger partial charge in [0.1, 0.15) is 5.82 Å². The molecule has 5 rings (SSSR count). The van der Waals surface area contributed by atoms with Crippen molar-refractivity contribution < 1.29 is 19.1 Å². The van der Waals surface area contributed by atoms with E-state index in [9.17, 15) is 14.4 Å². The summed E-state index contributed by atoms with van der Waals surface area (Å²) in [5.74, 6) is 0.437. The van der Waals surface area contributed by atoms with Crippen LogP contribution in [0.2, 0.25) is 0 Å². The fourth-order valence-corrected chi connectivity index (χ4v) is 4.32. The van der Waals surface area contributed by atoms with E-state index in [0.717, 1.165) is 25.9 Å². The first-order valence-electron chi connectivity index (χ1n) is 10.4. The number of piperidine rings is 1. The standard InChI is InChI=1S/C21H23N5O5/c1-11-3-2-6-26(9-11)21-24-18-17(20(29)25-21)13(8-16(27)23-18)19(28)22-12-4-5-14-15(7-12)31-10-30-14/h4-5,7,11,13H,2-3,6,8-10H2,1H3,(H,22,28)(H2,23,24,25,27,29). The van der Waals surface area contributed by atoms with Crippen LogP contribution in [0, 0.1) is 5.92 Å². The van der Waals surface area contributed by atoms with Gasteiger partial charge >= 0.3 is 0 Å². The number of fused-ring (bicyclic) bond motifs is 2. The molecule has 1 saturated heterocycles. The average molecular weight is 425 g/mol. The summed E-state index contributed by atoms with van der Waals surface area (Å²) >= 11 is 0.